The van der Waals surface area contributed by atoms with Crippen LogP contribution in [-0.4, -0.2) is 14.6 Å². The van der Waals surface area contributed by atoms with E-state index in [1.54, 1.807) is 6.07 Å². The van der Waals surface area contributed by atoms with Crippen molar-refractivity contribution >= 4 is 0 Å². The van der Waals surface area contributed by atoms with Gasteiger partial charge in [-0.3, -0.25) is 0 Å². The molecule has 0 N–H and O–H groups in total. The molecule has 0 amide bonds. The van der Waals surface area contributed by atoms with Crippen molar-refractivity contribution in [2.24, 2.45) is 14.1 Å². The van der Waals surface area contributed by atoms with Crippen molar-refractivity contribution in [1.29, 1.82) is 0 Å². The summed E-state index contributed by atoms with van der Waals surface area (Å²) in [6, 6.07) is 7.78. The Hall–Kier alpha value is -2.56. The lowest BCUT2D eigenvalue weighted by Crippen LogP contribution is -2.36. The summed E-state index contributed by atoms with van der Waals surface area (Å²) in [5.74, 6) is 0.361. The number of benzene rings is 1. The highest BCUT2D eigenvalue weighted by molar-refractivity contribution is 5.71. The summed E-state index contributed by atoms with van der Waals surface area (Å²) in [4.78, 5) is 9.94. The maximum Gasteiger partial charge on any atom is 0.196 e. The van der Waals surface area contributed by atoms with E-state index in [0.29, 0.717) is 17.0 Å². The average molecular weight is 452 g/mol. The van der Waals surface area contributed by atoms with E-state index in [-0.39, 0.29) is 16.6 Å². The molecule has 33 heavy (non-hydrogen) atoms. The summed E-state index contributed by atoms with van der Waals surface area (Å²) in [7, 11) is 3.95. The molecule has 4 nitrogen and oxygen atoms in total. The fourth-order valence-corrected chi connectivity index (χ4v) is 4.15. The number of aromatic nitrogens is 4. The first-order chi connectivity index (χ1) is 15.3. The third-order valence-electron chi connectivity index (χ3n) is 6.74. The highest BCUT2D eigenvalue weighted by Crippen LogP contribution is 2.34. The van der Waals surface area contributed by atoms with Crippen LogP contribution in [0.2, 0.25) is 0 Å². The van der Waals surface area contributed by atoms with Gasteiger partial charge in [-0.25, -0.2) is 14.4 Å². The molecule has 2 aromatic heterocycles. The molecule has 0 saturated carbocycles. The smallest absolute Gasteiger partial charge is 0.196 e. The topological polar surface area (TPSA) is 34.6 Å². The molecule has 0 aliphatic carbocycles. The van der Waals surface area contributed by atoms with Gasteiger partial charge >= 0.3 is 0 Å². The average Bonchev–Trinajstić information content (AvgIpc) is 3.07. The van der Waals surface area contributed by atoms with Gasteiger partial charge in [0.05, 0.1) is 18.4 Å². The molecule has 0 bridgehead atoms. The van der Waals surface area contributed by atoms with Crippen LogP contribution in [0.5, 0.6) is 0 Å². The first-order valence-corrected chi connectivity index (χ1v) is 12.1. The Bertz CT molecular complexity index is 1140. The predicted molar refractivity (Wildman–Crippen MR) is 134 cm³/mol. The van der Waals surface area contributed by atoms with Crippen LogP contribution in [0, 0.1) is 12.7 Å². The predicted octanol–water partition coefficient (Wildman–Crippen LogP) is 6.58. The van der Waals surface area contributed by atoms with Crippen LogP contribution in [0.3, 0.4) is 0 Å². The molecule has 3 aromatic rings. The van der Waals surface area contributed by atoms with Crippen molar-refractivity contribution in [3.63, 3.8) is 0 Å². The van der Waals surface area contributed by atoms with Crippen LogP contribution < -0.4 is 4.68 Å². The van der Waals surface area contributed by atoms with E-state index in [2.05, 4.69) is 47.6 Å². The van der Waals surface area contributed by atoms with E-state index in [9.17, 15) is 0 Å². The number of unbranched alkanes of at least 4 members (excludes halogenated alkanes) is 2. The zero-order valence-corrected chi connectivity index (χ0v) is 21.9. The Kier molecular flexibility index (Phi) is 7.11. The number of hydrogen-bond donors (Lipinski definition) is 0. The molecule has 5 heteroatoms. The van der Waals surface area contributed by atoms with Gasteiger partial charge in [0.2, 0.25) is 0 Å². The van der Waals surface area contributed by atoms with Gasteiger partial charge in [0.1, 0.15) is 11.5 Å². The molecule has 0 saturated heterocycles. The zero-order chi connectivity index (χ0) is 24.6. The molecular formula is C28H40FN4+. The van der Waals surface area contributed by atoms with Gasteiger partial charge < -0.3 is 0 Å². The lowest BCUT2D eigenvalue weighted by atomic mass is 9.81. The van der Waals surface area contributed by atoms with Crippen LogP contribution in [0.4, 0.5) is 4.39 Å². The summed E-state index contributed by atoms with van der Waals surface area (Å²) in [5.41, 5.74) is 4.97. The maximum atomic E-state index is 15.2. The molecular weight excluding hydrogens is 411 g/mol. The molecule has 0 atom stereocenters. The van der Waals surface area contributed by atoms with Gasteiger partial charge in [0, 0.05) is 28.0 Å². The Morgan fingerprint density at radius 2 is 1.67 bits per heavy atom. The Morgan fingerprint density at radius 1 is 1.00 bits per heavy atom. The minimum absolute atomic E-state index is 0.0786. The van der Waals surface area contributed by atoms with Crippen molar-refractivity contribution in [2.45, 2.75) is 85.0 Å². The lowest BCUT2D eigenvalue weighted by Gasteiger charge is -2.27. The second kappa shape index (κ2) is 9.36. The Balaban J connectivity index is 2.19. The van der Waals surface area contributed by atoms with Crippen LogP contribution in [0.15, 0.2) is 30.5 Å². The van der Waals surface area contributed by atoms with Gasteiger partial charge in [-0.05, 0) is 37.1 Å². The van der Waals surface area contributed by atoms with Gasteiger partial charge in [0.15, 0.2) is 19.1 Å². The van der Waals surface area contributed by atoms with Crippen LogP contribution in [-0.2, 0) is 24.9 Å². The van der Waals surface area contributed by atoms with Crippen LogP contribution >= 0.6 is 0 Å². The molecule has 0 unspecified atom stereocenters. The van der Waals surface area contributed by atoms with E-state index in [1.165, 1.54) is 19.3 Å². The number of halogens is 1. The van der Waals surface area contributed by atoms with Crippen LogP contribution in [0.25, 0.3) is 22.6 Å². The summed E-state index contributed by atoms with van der Waals surface area (Å²) in [6.45, 7) is 15.1. The first kappa shape index (κ1) is 25.1. The lowest BCUT2D eigenvalue weighted by molar-refractivity contribution is -0.750. The molecule has 0 aliphatic rings. The highest BCUT2D eigenvalue weighted by atomic mass is 19.1. The van der Waals surface area contributed by atoms with E-state index in [1.807, 2.05) is 48.7 Å². The molecule has 2 heterocycles. The second-order valence-corrected chi connectivity index (χ2v) is 11.0. The third kappa shape index (κ3) is 5.34. The van der Waals surface area contributed by atoms with Crippen molar-refractivity contribution in [3.8, 4) is 22.6 Å². The second-order valence-electron chi connectivity index (χ2n) is 11.0. The van der Waals surface area contributed by atoms with E-state index >= 15 is 4.39 Å². The molecule has 178 valence electrons. The van der Waals surface area contributed by atoms with E-state index < -0.39 is 0 Å². The minimum atomic E-state index is -0.236. The van der Waals surface area contributed by atoms with Gasteiger partial charge in [-0.2, -0.15) is 4.68 Å². The van der Waals surface area contributed by atoms with E-state index in [4.69, 9.17) is 9.97 Å². The van der Waals surface area contributed by atoms with Crippen molar-refractivity contribution in [1.82, 2.24) is 14.6 Å². The molecule has 0 radical (unpaired) electrons. The van der Waals surface area contributed by atoms with Gasteiger partial charge in [0.25, 0.3) is 0 Å². The minimum Gasteiger partial charge on any atom is -0.233 e. The monoisotopic (exact) mass is 451 g/mol. The summed E-state index contributed by atoms with van der Waals surface area (Å²) in [6.07, 6.45) is 6.62. The fraction of sp³-hybridized carbons (Fsp3) is 0.536. The molecule has 0 spiro atoms. The van der Waals surface area contributed by atoms with Gasteiger partial charge in [-0.1, -0.05) is 60.8 Å². The van der Waals surface area contributed by atoms with Gasteiger partial charge in [-0.15, -0.1) is 4.68 Å². The maximum absolute atomic E-state index is 15.2. The molecule has 0 fully saturated rings. The fourth-order valence-electron chi connectivity index (χ4n) is 4.15. The number of hydrogen-bond acceptors (Lipinski definition) is 2. The van der Waals surface area contributed by atoms with Crippen LogP contribution in [0.1, 0.15) is 84.2 Å². The normalized spacial score (nSPS) is 12.4. The first-order valence-electron chi connectivity index (χ1n) is 12.1. The zero-order valence-electron chi connectivity index (χ0n) is 21.9. The molecule has 0 aliphatic heterocycles. The Labute approximate surface area is 198 Å². The number of nitrogens with zero attached hydrogens (tertiary/aromatic N) is 4. The SMILES string of the molecule is CCCCCC(C)(C)c1cc(C(C)(C)C)nc(-c2cc(F)c(C)c(-c3cc[n+](C)n3C)c2)n1. The third-order valence-corrected chi connectivity index (χ3v) is 6.74. The van der Waals surface area contributed by atoms with Crippen molar-refractivity contribution < 1.29 is 9.07 Å². The molecule has 1 aromatic carbocycles. The summed E-state index contributed by atoms with van der Waals surface area (Å²) < 4.78 is 19.1. The Morgan fingerprint density at radius 3 is 2.24 bits per heavy atom. The number of aryl methyl sites for hydroxylation is 1. The quantitative estimate of drug-likeness (QED) is 0.300. The largest absolute Gasteiger partial charge is 0.233 e. The highest BCUT2D eigenvalue weighted by Gasteiger charge is 2.27. The standard InChI is InChI=1S/C28H40FN4/c1-10-11-12-14-28(6,7)25-18-24(27(3,4)5)30-26(31-25)20-16-21(19(2)22(29)17-20)23-13-15-32(8)33(23)9/h13,15-18H,10-12,14H2,1-9H3/q+1. The molecule has 3 rings (SSSR count). The van der Waals surface area contributed by atoms with Crippen molar-refractivity contribution in [3.05, 3.63) is 53.2 Å². The summed E-state index contributed by atoms with van der Waals surface area (Å²) in [5, 5.41) is 0. The number of rotatable bonds is 7. The van der Waals surface area contributed by atoms with Crippen molar-refractivity contribution in [2.75, 3.05) is 0 Å². The van der Waals surface area contributed by atoms with E-state index in [0.717, 1.165) is 29.1 Å². The summed E-state index contributed by atoms with van der Waals surface area (Å²) >= 11 is 0.